The number of carbonyl (C=O) groups excluding carboxylic acids is 2. The van der Waals surface area contributed by atoms with Crippen LogP contribution in [-0.2, 0) is 32.7 Å². The number of phosphoric ester groups is 1. The fraction of sp³-hybridized carbons (Fsp3) is 0.755. The van der Waals surface area contributed by atoms with E-state index in [4.69, 9.17) is 18.5 Å². The minimum absolute atomic E-state index is 0.0181. The summed E-state index contributed by atoms with van der Waals surface area (Å²) in [7, 11) is -5.14. The number of carbonyl (C=O) groups is 2. The van der Waals surface area contributed by atoms with Crippen molar-refractivity contribution in [2.45, 2.75) is 224 Å². The Kier molecular flexibility index (Phi) is 36.1. The molecule has 6 unspecified atom stereocenters. The Morgan fingerprint density at radius 3 is 1.40 bits per heavy atom. The third-order valence-corrected chi connectivity index (χ3v) is 11.8. The van der Waals surface area contributed by atoms with Gasteiger partial charge in [0, 0.05) is 12.8 Å². The zero-order valence-electron chi connectivity index (χ0n) is 38.6. The van der Waals surface area contributed by atoms with Crippen LogP contribution in [0.25, 0.3) is 0 Å². The minimum Gasteiger partial charge on any atom is -0.462 e. The van der Waals surface area contributed by atoms with Gasteiger partial charge in [0.2, 0.25) is 0 Å². The highest BCUT2D eigenvalue weighted by Crippen LogP contribution is 2.47. The molecule has 14 heteroatoms. The Hall–Kier alpha value is -2.45. The van der Waals surface area contributed by atoms with Crippen LogP contribution < -0.4 is 0 Å². The Morgan fingerprint density at radius 2 is 0.873 bits per heavy atom. The number of aliphatic hydroxyl groups is 5. The third kappa shape index (κ3) is 31.2. The van der Waals surface area contributed by atoms with Gasteiger partial charge < -0.3 is 39.9 Å². The van der Waals surface area contributed by atoms with E-state index in [2.05, 4.69) is 62.5 Å². The largest absolute Gasteiger partial charge is 0.472 e. The van der Waals surface area contributed by atoms with Gasteiger partial charge in [-0.2, -0.15) is 0 Å². The van der Waals surface area contributed by atoms with Gasteiger partial charge in [0.05, 0.1) is 6.61 Å². The van der Waals surface area contributed by atoms with Crippen LogP contribution in [0.2, 0.25) is 0 Å². The molecule has 1 aliphatic rings. The second-order valence-electron chi connectivity index (χ2n) is 16.6. The Labute approximate surface area is 379 Å². The molecule has 0 aromatic rings. The Balaban J connectivity index is 2.49. The maximum absolute atomic E-state index is 12.8. The summed E-state index contributed by atoms with van der Waals surface area (Å²) < 4.78 is 33.5. The Bertz CT molecular complexity index is 1330. The van der Waals surface area contributed by atoms with Crippen molar-refractivity contribution in [2.75, 3.05) is 13.2 Å². The van der Waals surface area contributed by atoms with Crippen LogP contribution in [0.4, 0.5) is 0 Å². The molecule has 1 aliphatic carbocycles. The molecule has 0 aromatic carbocycles. The lowest BCUT2D eigenvalue weighted by atomic mass is 9.85. The van der Waals surface area contributed by atoms with Gasteiger partial charge >= 0.3 is 19.8 Å². The molecule has 13 nitrogen and oxygen atoms in total. The lowest BCUT2D eigenvalue weighted by Gasteiger charge is -2.41. The zero-order valence-corrected chi connectivity index (χ0v) is 39.5. The van der Waals surface area contributed by atoms with Crippen molar-refractivity contribution >= 4 is 19.8 Å². The van der Waals surface area contributed by atoms with Crippen molar-refractivity contribution in [3.8, 4) is 0 Å². The van der Waals surface area contributed by atoms with Crippen molar-refractivity contribution in [1.82, 2.24) is 0 Å². The monoisotopic (exact) mass is 913 g/mol. The van der Waals surface area contributed by atoms with Gasteiger partial charge in [-0.25, -0.2) is 4.57 Å². The molecule has 0 aromatic heterocycles. The fourth-order valence-electron chi connectivity index (χ4n) is 6.92. The zero-order chi connectivity index (χ0) is 46.4. The minimum atomic E-state index is -5.14. The predicted molar refractivity (Wildman–Crippen MR) is 249 cm³/mol. The molecule has 6 atom stereocenters. The molecule has 1 rings (SSSR count). The summed E-state index contributed by atoms with van der Waals surface area (Å²) in [5, 5.41) is 50.2. The molecule has 0 spiro atoms. The van der Waals surface area contributed by atoms with Crippen LogP contribution in [-0.4, -0.2) is 98.3 Å². The number of unbranched alkanes of at least 4 members (excludes halogenated alkanes) is 17. The lowest BCUT2D eigenvalue weighted by Crippen LogP contribution is -2.64. The molecule has 63 heavy (non-hydrogen) atoms. The molecule has 6 N–H and O–H groups in total. The fourth-order valence-corrected chi connectivity index (χ4v) is 7.89. The number of rotatable bonds is 39. The van der Waals surface area contributed by atoms with Crippen LogP contribution in [0.3, 0.4) is 0 Å². The normalized spacial score (nSPS) is 22.2. The van der Waals surface area contributed by atoms with E-state index in [-0.39, 0.29) is 12.8 Å². The number of esters is 2. The lowest BCUT2D eigenvalue weighted by molar-refractivity contribution is -0.220. The molecular formula is C49H85O13P. The maximum atomic E-state index is 12.8. The number of aliphatic hydroxyl groups excluding tert-OH is 5. The average Bonchev–Trinajstić information content (AvgIpc) is 3.26. The number of phosphoric acid groups is 1. The van der Waals surface area contributed by atoms with Gasteiger partial charge in [-0.1, -0.05) is 152 Å². The summed E-state index contributed by atoms with van der Waals surface area (Å²) >= 11 is 0. The second-order valence-corrected chi connectivity index (χ2v) is 18.0. The van der Waals surface area contributed by atoms with Crippen molar-refractivity contribution in [1.29, 1.82) is 0 Å². The summed E-state index contributed by atoms with van der Waals surface area (Å²) in [6, 6.07) is 0. The molecule has 0 heterocycles. The van der Waals surface area contributed by atoms with Crippen molar-refractivity contribution in [3.05, 3.63) is 60.8 Å². The van der Waals surface area contributed by atoms with Gasteiger partial charge in [0.15, 0.2) is 6.10 Å². The van der Waals surface area contributed by atoms with E-state index in [1.807, 2.05) is 12.2 Å². The second kappa shape index (κ2) is 38.8. The van der Waals surface area contributed by atoms with Gasteiger partial charge in [-0.05, 0) is 77.0 Å². The first-order valence-corrected chi connectivity index (χ1v) is 25.6. The first-order chi connectivity index (χ1) is 30.4. The van der Waals surface area contributed by atoms with Gasteiger partial charge in [-0.15, -0.1) is 0 Å². The average molecular weight is 913 g/mol. The molecule has 0 aliphatic heterocycles. The summed E-state index contributed by atoms with van der Waals surface area (Å²) in [5.74, 6) is -1.17. The van der Waals surface area contributed by atoms with Gasteiger partial charge in [-0.3, -0.25) is 18.6 Å². The van der Waals surface area contributed by atoms with Crippen molar-refractivity contribution < 1.29 is 63.1 Å². The number of hydrogen-bond donors (Lipinski definition) is 6. The first-order valence-electron chi connectivity index (χ1n) is 24.1. The quantitative estimate of drug-likeness (QED) is 0.0147. The summed E-state index contributed by atoms with van der Waals surface area (Å²) in [6.07, 6.45) is 34.2. The Morgan fingerprint density at radius 1 is 0.492 bits per heavy atom. The number of allylic oxidation sites excluding steroid dienone is 10. The van der Waals surface area contributed by atoms with Crippen LogP contribution >= 0.6 is 7.82 Å². The van der Waals surface area contributed by atoms with Crippen LogP contribution in [0.1, 0.15) is 181 Å². The van der Waals surface area contributed by atoms with Gasteiger partial charge in [0.25, 0.3) is 0 Å². The molecule has 0 bridgehead atoms. The predicted octanol–water partition coefficient (Wildman–Crippen LogP) is 9.73. The standard InChI is InChI=1S/C49H85O13P/c1-3-5-7-9-11-13-15-17-19-21-23-25-27-29-31-33-35-37-42(50)59-39-41(40-60-63(57,58)62-49-47(55)45(53)44(52)46(54)48(49)56)61-43(51)38-36-34-32-30-28-26-24-22-20-18-16-14-12-10-8-6-4-2/h12,14,17-20,24,26,30,32,41,44-49,52-56H,3-11,13,15-16,21-23,25,27-29,31,33-40H2,1-2H3,(H,57,58). The number of hydrogen-bond acceptors (Lipinski definition) is 12. The molecular weight excluding hydrogens is 828 g/mol. The summed E-state index contributed by atoms with van der Waals surface area (Å²) in [6.45, 7) is 3.22. The van der Waals surface area contributed by atoms with Crippen molar-refractivity contribution in [2.24, 2.45) is 0 Å². The molecule has 1 saturated carbocycles. The maximum Gasteiger partial charge on any atom is 0.472 e. The van der Waals surface area contributed by atoms with E-state index in [0.717, 1.165) is 57.8 Å². The van der Waals surface area contributed by atoms with E-state index >= 15 is 0 Å². The highest BCUT2D eigenvalue weighted by molar-refractivity contribution is 7.47. The van der Waals surface area contributed by atoms with Gasteiger partial charge in [0.1, 0.15) is 43.2 Å². The highest BCUT2D eigenvalue weighted by Gasteiger charge is 2.51. The molecule has 0 saturated heterocycles. The molecule has 0 amide bonds. The van der Waals surface area contributed by atoms with E-state index in [1.54, 1.807) is 0 Å². The van der Waals surface area contributed by atoms with Crippen molar-refractivity contribution in [3.63, 3.8) is 0 Å². The SMILES string of the molecule is CCCCCC=CCC=CCC=CCC=CCCCC(=O)OC(COC(=O)CCCCCCCCCC=CCCCCCCCC)COP(=O)(O)OC1C(O)C(O)C(O)C(O)C1O. The topological polar surface area (TPSA) is 210 Å². The van der Waals surface area contributed by atoms with E-state index in [9.17, 15) is 44.6 Å². The molecule has 0 radical (unpaired) electrons. The molecule has 1 fully saturated rings. The smallest absolute Gasteiger partial charge is 0.462 e. The highest BCUT2D eigenvalue weighted by atomic mass is 31.2. The number of ether oxygens (including phenoxy) is 2. The van der Waals surface area contributed by atoms with E-state index < -0.39 is 75.7 Å². The van der Waals surface area contributed by atoms with E-state index in [1.165, 1.54) is 77.0 Å². The molecule has 364 valence electrons. The first kappa shape index (κ1) is 58.6. The van der Waals surface area contributed by atoms with Crippen LogP contribution in [0.5, 0.6) is 0 Å². The van der Waals surface area contributed by atoms with E-state index in [0.29, 0.717) is 19.3 Å². The summed E-state index contributed by atoms with van der Waals surface area (Å²) in [5.41, 5.74) is 0. The third-order valence-electron chi connectivity index (χ3n) is 10.8. The van der Waals surface area contributed by atoms with Crippen LogP contribution in [0.15, 0.2) is 60.8 Å². The summed E-state index contributed by atoms with van der Waals surface area (Å²) in [4.78, 5) is 35.7. The van der Waals surface area contributed by atoms with Crippen LogP contribution in [0, 0.1) is 0 Å².